The predicted molar refractivity (Wildman–Crippen MR) is 103 cm³/mol. The molecule has 0 aliphatic heterocycles. The molecule has 25 heavy (non-hydrogen) atoms. The Labute approximate surface area is 160 Å². The fraction of sp³-hybridized carbons (Fsp3) is 0.588. The molecule has 0 spiro atoms. The minimum absolute atomic E-state index is 0.0145. The fourth-order valence-corrected chi connectivity index (χ4v) is 4.67. The minimum Gasteiger partial charge on any atom is -0.350 e. The van der Waals surface area contributed by atoms with Gasteiger partial charge in [0.2, 0.25) is 10.0 Å². The Balaban J connectivity index is 3.16. The van der Waals surface area contributed by atoms with Gasteiger partial charge in [0, 0.05) is 12.1 Å². The van der Waals surface area contributed by atoms with Gasteiger partial charge < -0.3 is 5.32 Å². The van der Waals surface area contributed by atoms with Crippen molar-refractivity contribution in [2.45, 2.75) is 70.4 Å². The Kier molecular flexibility index (Phi) is 8.68. The highest BCUT2D eigenvalue weighted by molar-refractivity contribution is 7.89. The van der Waals surface area contributed by atoms with Crippen LogP contribution in [0.25, 0.3) is 0 Å². The van der Waals surface area contributed by atoms with E-state index in [0.29, 0.717) is 6.42 Å². The smallest absolute Gasteiger partial charge is 0.253 e. The van der Waals surface area contributed by atoms with Crippen molar-refractivity contribution in [3.05, 3.63) is 27.7 Å². The number of amides is 1. The average Bonchev–Trinajstić information content (AvgIpc) is 2.46. The summed E-state index contributed by atoms with van der Waals surface area (Å²) in [5.74, 6) is -0.416. The molecule has 2 unspecified atom stereocenters. The fourth-order valence-electron chi connectivity index (χ4n) is 2.54. The highest BCUT2D eigenvalue weighted by Crippen LogP contribution is 2.29. The van der Waals surface area contributed by atoms with Crippen LogP contribution in [0.3, 0.4) is 0 Å². The molecule has 0 saturated carbocycles. The van der Waals surface area contributed by atoms with Crippen molar-refractivity contribution in [1.82, 2.24) is 10.0 Å². The second-order valence-electron chi connectivity index (χ2n) is 6.24. The molecule has 1 rings (SSSR count). The first kappa shape index (κ1) is 22.2. The third kappa shape index (κ3) is 6.44. The van der Waals surface area contributed by atoms with Crippen LogP contribution in [0.2, 0.25) is 10.0 Å². The summed E-state index contributed by atoms with van der Waals surface area (Å²) in [6, 6.07) is 2.26. The van der Waals surface area contributed by atoms with Crippen molar-refractivity contribution < 1.29 is 13.2 Å². The zero-order chi connectivity index (χ0) is 19.2. The molecule has 0 aromatic heterocycles. The van der Waals surface area contributed by atoms with Crippen molar-refractivity contribution in [2.24, 2.45) is 0 Å². The van der Waals surface area contributed by atoms with Crippen LogP contribution in [0, 0.1) is 0 Å². The summed E-state index contributed by atoms with van der Waals surface area (Å²) in [6.45, 7) is 7.66. The lowest BCUT2D eigenvalue weighted by atomic mass is 10.1. The molecule has 0 radical (unpaired) electrons. The van der Waals surface area contributed by atoms with Gasteiger partial charge in [0.1, 0.15) is 4.90 Å². The zero-order valence-corrected chi connectivity index (χ0v) is 17.4. The maximum Gasteiger partial charge on any atom is 0.253 e. The van der Waals surface area contributed by atoms with E-state index in [1.165, 1.54) is 12.1 Å². The maximum absolute atomic E-state index is 12.6. The van der Waals surface area contributed by atoms with Gasteiger partial charge in [-0.1, -0.05) is 49.9 Å². The number of hydrogen-bond acceptors (Lipinski definition) is 3. The van der Waals surface area contributed by atoms with Crippen LogP contribution in [0.15, 0.2) is 17.0 Å². The Morgan fingerprint density at radius 3 is 2.16 bits per heavy atom. The minimum atomic E-state index is -3.84. The van der Waals surface area contributed by atoms with Crippen LogP contribution in [-0.4, -0.2) is 26.4 Å². The van der Waals surface area contributed by atoms with E-state index >= 15 is 0 Å². The molecular weight excluding hydrogens is 383 g/mol. The van der Waals surface area contributed by atoms with E-state index in [1.807, 2.05) is 20.8 Å². The topological polar surface area (TPSA) is 75.3 Å². The molecule has 0 heterocycles. The van der Waals surface area contributed by atoms with Crippen LogP contribution in [0.5, 0.6) is 0 Å². The number of hydrogen-bond donors (Lipinski definition) is 2. The normalized spacial score (nSPS) is 14.2. The van der Waals surface area contributed by atoms with Gasteiger partial charge in [0.05, 0.1) is 15.6 Å². The highest BCUT2D eigenvalue weighted by Gasteiger charge is 2.24. The average molecular weight is 409 g/mol. The molecule has 8 heteroatoms. The van der Waals surface area contributed by atoms with Crippen molar-refractivity contribution in [2.75, 3.05) is 0 Å². The van der Waals surface area contributed by atoms with E-state index in [1.54, 1.807) is 6.92 Å². The molecule has 0 bridgehead atoms. The van der Waals surface area contributed by atoms with Crippen molar-refractivity contribution in [1.29, 1.82) is 0 Å². The third-order valence-corrected chi connectivity index (χ3v) is 6.10. The molecule has 0 saturated heterocycles. The van der Waals surface area contributed by atoms with Gasteiger partial charge in [0.15, 0.2) is 0 Å². The Morgan fingerprint density at radius 2 is 1.60 bits per heavy atom. The Morgan fingerprint density at radius 1 is 1.04 bits per heavy atom. The highest BCUT2D eigenvalue weighted by atomic mass is 35.5. The van der Waals surface area contributed by atoms with E-state index in [0.717, 1.165) is 19.3 Å². The quantitative estimate of drug-likeness (QED) is 0.636. The van der Waals surface area contributed by atoms with E-state index in [2.05, 4.69) is 10.0 Å². The number of carbonyl (C=O) groups is 1. The molecule has 0 aliphatic carbocycles. The van der Waals surface area contributed by atoms with Gasteiger partial charge in [-0.05, 0) is 38.8 Å². The summed E-state index contributed by atoms with van der Waals surface area (Å²) in [6.07, 6.45) is 3.29. The first-order valence-corrected chi connectivity index (χ1v) is 10.7. The third-order valence-electron chi connectivity index (χ3n) is 3.73. The lowest BCUT2D eigenvalue weighted by Crippen LogP contribution is -2.34. The Bertz CT molecular complexity index is 708. The zero-order valence-electron chi connectivity index (χ0n) is 15.0. The van der Waals surface area contributed by atoms with Crippen LogP contribution >= 0.6 is 23.2 Å². The number of nitrogens with one attached hydrogen (secondary N) is 2. The molecule has 1 aromatic rings. The number of halogens is 2. The summed E-state index contributed by atoms with van der Waals surface area (Å²) < 4.78 is 27.7. The first-order chi connectivity index (χ1) is 11.6. The van der Waals surface area contributed by atoms with Crippen LogP contribution in [0.1, 0.15) is 63.7 Å². The first-order valence-electron chi connectivity index (χ1n) is 8.44. The van der Waals surface area contributed by atoms with E-state index in [4.69, 9.17) is 23.2 Å². The molecule has 1 amide bonds. The largest absolute Gasteiger partial charge is 0.350 e. The number of rotatable bonds is 9. The van der Waals surface area contributed by atoms with Gasteiger partial charge in [-0.2, -0.15) is 0 Å². The lowest BCUT2D eigenvalue weighted by Gasteiger charge is -2.17. The monoisotopic (exact) mass is 408 g/mol. The second kappa shape index (κ2) is 9.76. The summed E-state index contributed by atoms with van der Waals surface area (Å²) in [7, 11) is -3.84. The molecule has 142 valence electrons. The second-order valence-corrected chi connectivity index (χ2v) is 8.73. The SMILES string of the molecule is CCCC(C)NC(=O)c1cc(S(=O)(=O)NC(C)CCC)c(Cl)cc1Cl. The standard InChI is InChI=1S/C17H26Cl2N2O3S/c1-5-7-11(3)20-17(22)13-9-16(15(19)10-14(13)18)25(23,24)21-12(4)8-6-2/h9-12,21H,5-8H2,1-4H3,(H,20,22). The van der Waals surface area contributed by atoms with Gasteiger partial charge in [-0.3, -0.25) is 4.79 Å². The van der Waals surface area contributed by atoms with E-state index in [9.17, 15) is 13.2 Å². The molecule has 0 fully saturated rings. The van der Waals surface area contributed by atoms with Gasteiger partial charge in [-0.25, -0.2) is 13.1 Å². The molecule has 1 aromatic carbocycles. The molecular formula is C17H26Cl2N2O3S. The summed E-state index contributed by atoms with van der Waals surface area (Å²) in [5, 5.41) is 2.92. The van der Waals surface area contributed by atoms with E-state index < -0.39 is 15.9 Å². The lowest BCUT2D eigenvalue weighted by molar-refractivity contribution is 0.0938. The van der Waals surface area contributed by atoms with Crippen LogP contribution in [-0.2, 0) is 10.0 Å². The number of benzene rings is 1. The van der Waals surface area contributed by atoms with Crippen molar-refractivity contribution in [3.63, 3.8) is 0 Å². The summed E-state index contributed by atoms with van der Waals surface area (Å²) in [4.78, 5) is 12.3. The molecule has 2 atom stereocenters. The van der Waals surface area contributed by atoms with E-state index in [-0.39, 0.29) is 32.6 Å². The number of sulfonamides is 1. The van der Waals surface area contributed by atoms with Crippen molar-refractivity contribution >= 4 is 39.1 Å². The summed E-state index contributed by atoms with van der Waals surface area (Å²) in [5.41, 5.74) is 0.0949. The van der Waals surface area contributed by atoms with Crippen LogP contribution < -0.4 is 10.0 Å². The van der Waals surface area contributed by atoms with Gasteiger partial charge >= 0.3 is 0 Å². The molecule has 5 nitrogen and oxygen atoms in total. The van der Waals surface area contributed by atoms with Crippen molar-refractivity contribution in [3.8, 4) is 0 Å². The number of carbonyl (C=O) groups excluding carboxylic acids is 1. The summed E-state index contributed by atoms with van der Waals surface area (Å²) >= 11 is 12.2. The molecule has 2 N–H and O–H groups in total. The molecule has 0 aliphatic rings. The van der Waals surface area contributed by atoms with Gasteiger partial charge in [0.25, 0.3) is 5.91 Å². The predicted octanol–water partition coefficient (Wildman–Crippen LogP) is 4.38. The maximum atomic E-state index is 12.6. The Hall–Kier alpha value is -0.820. The van der Waals surface area contributed by atoms with Crippen LogP contribution in [0.4, 0.5) is 0 Å². The van der Waals surface area contributed by atoms with Gasteiger partial charge in [-0.15, -0.1) is 0 Å².